The average molecular weight is 202 g/mol. The van der Waals surface area contributed by atoms with Gasteiger partial charge in [0.15, 0.2) is 0 Å². The molecular weight excluding hydrogens is 172 g/mol. The van der Waals surface area contributed by atoms with Crippen molar-refractivity contribution in [2.24, 2.45) is 5.73 Å². The van der Waals surface area contributed by atoms with Gasteiger partial charge in [-0.1, -0.05) is 34.1 Å². The Kier molecular flexibility index (Phi) is 18.0. The van der Waals surface area contributed by atoms with Crippen LogP contribution in [0.3, 0.4) is 0 Å². The van der Waals surface area contributed by atoms with Crippen LogP contribution in [0, 0.1) is 0 Å². The zero-order chi connectivity index (χ0) is 11.2. The fourth-order valence-electron chi connectivity index (χ4n) is 1.35. The smallest absolute Gasteiger partial charge is 0.000672 e. The number of rotatable bonds is 8. The fourth-order valence-corrected chi connectivity index (χ4v) is 1.35. The summed E-state index contributed by atoms with van der Waals surface area (Å²) in [5.74, 6) is 0. The molecule has 0 aliphatic heterocycles. The summed E-state index contributed by atoms with van der Waals surface area (Å²) < 4.78 is 0. The predicted octanol–water partition coefficient (Wildman–Crippen LogP) is 2.87. The number of unbranched alkanes of at least 4 members (excludes halogenated alkanes) is 1. The summed E-state index contributed by atoms with van der Waals surface area (Å²) in [6.07, 6.45) is 5.02. The van der Waals surface area contributed by atoms with Crippen molar-refractivity contribution in [2.45, 2.75) is 53.4 Å². The highest BCUT2D eigenvalue weighted by molar-refractivity contribution is 4.56. The molecule has 14 heavy (non-hydrogen) atoms. The van der Waals surface area contributed by atoms with E-state index in [0.717, 1.165) is 13.0 Å². The summed E-state index contributed by atoms with van der Waals surface area (Å²) >= 11 is 0. The summed E-state index contributed by atoms with van der Waals surface area (Å²) in [4.78, 5) is 2.52. The summed E-state index contributed by atoms with van der Waals surface area (Å²) in [5, 5.41) is 0. The molecule has 0 aliphatic carbocycles. The van der Waals surface area contributed by atoms with E-state index in [1.807, 2.05) is 13.8 Å². The van der Waals surface area contributed by atoms with Crippen LogP contribution in [-0.4, -0.2) is 31.1 Å². The second kappa shape index (κ2) is 15.4. The minimum Gasteiger partial charge on any atom is -0.330 e. The first-order valence-corrected chi connectivity index (χ1v) is 6.27. The van der Waals surface area contributed by atoms with Crippen molar-refractivity contribution in [3.05, 3.63) is 0 Å². The minimum absolute atomic E-state index is 0.826. The van der Waals surface area contributed by atoms with Gasteiger partial charge in [-0.3, -0.25) is 0 Å². The zero-order valence-electron chi connectivity index (χ0n) is 10.7. The molecule has 0 bridgehead atoms. The van der Waals surface area contributed by atoms with E-state index in [2.05, 4.69) is 18.7 Å². The molecule has 0 saturated heterocycles. The van der Waals surface area contributed by atoms with E-state index < -0.39 is 0 Å². The lowest BCUT2D eigenvalue weighted by Gasteiger charge is -2.20. The van der Waals surface area contributed by atoms with Crippen LogP contribution in [0.25, 0.3) is 0 Å². The topological polar surface area (TPSA) is 29.3 Å². The van der Waals surface area contributed by atoms with Gasteiger partial charge in [-0.2, -0.15) is 0 Å². The third-order valence-electron chi connectivity index (χ3n) is 2.05. The molecule has 0 radical (unpaired) electrons. The van der Waals surface area contributed by atoms with Gasteiger partial charge in [-0.15, -0.1) is 0 Å². The molecule has 2 nitrogen and oxygen atoms in total. The van der Waals surface area contributed by atoms with E-state index in [0.29, 0.717) is 0 Å². The van der Waals surface area contributed by atoms with Crippen molar-refractivity contribution < 1.29 is 0 Å². The molecule has 0 aliphatic rings. The molecule has 0 aromatic rings. The Labute approximate surface area is 90.9 Å². The van der Waals surface area contributed by atoms with Gasteiger partial charge >= 0.3 is 0 Å². The van der Waals surface area contributed by atoms with E-state index in [9.17, 15) is 0 Å². The third-order valence-corrected chi connectivity index (χ3v) is 2.05. The molecule has 0 aromatic carbocycles. The molecule has 2 N–H and O–H groups in total. The Morgan fingerprint density at radius 3 is 1.86 bits per heavy atom. The quantitative estimate of drug-likeness (QED) is 0.656. The lowest BCUT2D eigenvalue weighted by atomic mass is 10.3. The Hall–Kier alpha value is -0.0800. The van der Waals surface area contributed by atoms with Gasteiger partial charge in [0.1, 0.15) is 0 Å². The van der Waals surface area contributed by atoms with Crippen molar-refractivity contribution in [3.63, 3.8) is 0 Å². The van der Waals surface area contributed by atoms with Crippen molar-refractivity contribution in [1.82, 2.24) is 4.90 Å². The SMILES string of the molecule is CC.CCCCN(CCC)CCCN. The first-order chi connectivity index (χ1) is 6.85. The van der Waals surface area contributed by atoms with Crippen LogP contribution in [0.5, 0.6) is 0 Å². The van der Waals surface area contributed by atoms with Gasteiger partial charge in [-0.25, -0.2) is 0 Å². The van der Waals surface area contributed by atoms with Crippen molar-refractivity contribution in [1.29, 1.82) is 0 Å². The van der Waals surface area contributed by atoms with Gasteiger partial charge in [0.25, 0.3) is 0 Å². The zero-order valence-corrected chi connectivity index (χ0v) is 10.7. The molecule has 88 valence electrons. The molecule has 0 fully saturated rings. The van der Waals surface area contributed by atoms with Crippen LogP contribution in [0.15, 0.2) is 0 Å². The second-order valence-corrected chi connectivity index (χ2v) is 3.34. The second-order valence-electron chi connectivity index (χ2n) is 3.34. The molecular formula is C12H30N2. The van der Waals surface area contributed by atoms with Crippen LogP contribution < -0.4 is 5.73 Å². The van der Waals surface area contributed by atoms with Gasteiger partial charge in [0, 0.05) is 0 Å². The maximum Gasteiger partial charge on any atom is -0.000672 e. The molecule has 0 heterocycles. The summed E-state index contributed by atoms with van der Waals surface area (Å²) in [6.45, 7) is 13.0. The number of nitrogens with two attached hydrogens (primary N) is 1. The molecule has 0 unspecified atom stereocenters. The lowest BCUT2D eigenvalue weighted by Crippen LogP contribution is -2.28. The Morgan fingerprint density at radius 1 is 0.857 bits per heavy atom. The lowest BCUT2D eigenvalue weighted by molar-refractivity contribution is 0.268. The summed E-state index contributed by atoms with van der Waals surface area (Å²) in [6, 6.07) is 0. The van der Waals surface area contributed by atoms with Gasteiger partial charge in [0.05, 0.1) is 0 Å². The monoisotopic (exact) mass is 202 g/mol. The molecule has 0 spiro atoms. The maximum atomic E-state index is 5.47. The van der Waals surface area contributed by atoms with E-state index in [1.54, 1.807) is 0 Å². The first kappa shape index (κ1) is 16.4. The van der Waals surface area contributed by atoms with Gasteiger partial charge in [0.2, 0.25) is 0 Å². The molecule has 2 heteroatoms. The van der Waals surface area contributed by atoms with Crippen LogP contribution in [0.1, 0.15) is 53.4 Å². The molecule has 0 aromatic heterocycles. The first-order valence-electron chi connectivity index (χ1n) is 6.27. The largest absolute Gasteiger partial charge is 0.330 e. The minimum atomic E-state index is 0.826. The van der Waals surface area contributed by atoms with Crippen LogP contribution in [0.2, 0.25) is 0 Å². The summed E-state index contributed by atoms with van der Waals surface area (Å²) in [5.41, 5.74) is 5.47. The van der Waals surface area contributed by atoms with E-state index in [4.69, 9.17) is 5.73 Å². The van der Waals surface area contributed by atoms with Gasteiger partial charge < -0.3 is 10.6 Å². The predicted molar refractivity (Wildman–Crippen MR) is 66.7 cm³/mol. The van der Waals surface area contributed by atoms with Crippen molar-refractivity contribution >= 4 is 0 Å². The molecule has 0 amide bonds. The molecule has 0 atom stereocenters. The van der Waals surface area contributed by atoms with Crippen molar-refractivity contribution in [3.8, 4) is 0 Å². The highest BCUT2D eigenvalue weighted by Gasteiger charge is 2.00. The number of nitrogens with zero attached hydrogens (tertiary/aromatic N) is 1. The molecule has 0 saturated carbocycles. The third kappa shape index (κ3) is 11.9. The van der Waals surface area contributed by atoms with E-state index in [-0.39, 0.29) is 0 Å². The van der Waals surface area contributed by atoms with E-state index >= 15 is 0 Å². The van der Waals surface area contributed by atoms with Crippen LogP contribution in [-0.2, 0) is 0 Å². The van der Waals surface area contributed by atoms with E-state index in [1.165, 1.54) is 38.9 Å². The number of hydrogen-bond acceptors (Lipinski definition) is 2. The fraction of sp³-hybridized carbons (Fsp3) is 1.00. The molecule has 0 rings (SSSR count). The van der Waals surface area contributed by atoms with Crippen LogP contribution in [0.4, 0.5) is 0 Å². The van der Waals surface area contributed by atoms with Gasteiger partial charge in [-0.05, 0) is 45.4 Å². The normalized spacial score (nSPS) is 9.86. The highest BCUT2D eigenvalue weighted by Crippen LogP contribution is 1.97. The average Bonchev–Trinajstić information content (AvgIpc) is 2.25. The number of hydrogen-bond donors (Lipinski definition) is 1. The highest BCUT2D eigenvalue weighted by atomic mass is 15.1. The van der Waals surface area contributed by atoms with Crippen LogP contribution >= 0.6 is 0 Å². The Morgan fingerprint density at radius 2 is 1.43 bits per heavy atom. The van der Waals surface area contributed by atoms with Crippen molar-refractivity contribution in [2.75, 3.05) is 26.2 Å². The Balaban J connectivity index is 0. The summed E-state index contributed by atoms with van der Waals surface area (Å²) in [7, 11) is 0. The Bertz CT molecular complexity index is 76.4. The standard InChI is InChI=1S/C10H24N2.C2H6/c1-3-5-9-12(8-4-2)10-6-7-11;1-2/h3-11H2,1-2H3;1-2H3. The maximum absolute atomic E-state index is 5.47.